The molecule has 0 unspecified atom stereocenters. The molecule has 2 rings (SSSR count). The van der Waals surface area contributed by atoms with Crippen molar-refractivity contribution in [3.05, 3.63) is 58.6 Å². The number of anilines is 1. The average molecular weight is 348 g/mol. The Balaban J connectivity index is 1.93. The lowest BCUT2D eigenvalue weighted by Crippen LogP contribution is -2.12. The van der Waals surface area contributed by atoms with Crippen molar-refractivity contribution in [1.82, 2.24) is 0 Å². The van der Waals surface area contributed by atoms with Gasteiger partial charge in [-0.05, 0) is 55.3 Å². The van der Waals surface area contributed by atoms with Gasteiger partial charge in [0.1, 0.15) is 5.75 Å². The van der Waals surface area contributed by atoms with Crippen molar-refractivity contribution in [3.8, 4) is 5.75 Å². The molecule has 24 heavy (non-hydrogen) atoms. The minimum atomic E-state index is -0.845. The zero-order chi connectivity index (χ0) is 17.5. The van der Waals surface area contributed by atoms with Crippen molar-refractivity contribution < 1.29 is 19.4 Å². The van der Waals surface area contributed by atoms with Crippen LogP contribution in [0.15, 0.2) is 42.5 Å². The van der Waals surface area contributed by atoms with Crippen LogP contribution in [0.25, 0.3) is 0 Å². The molecule has 0 fully saturated rings. The van der Waals surface area contributed by atoms with Crippen molar-refractivity contribution in [2.45, 2.75) is 19.8 Å². The van der Waals surface area contributed by atoms with E-state index in [1.165, 1.54) is 0 Å². The Hall–Kier alpha value is -2.53. The number of ether oxygens (including phenoxy) is 1. The van der Waals surface area contributed by atoms with E-state index >= 15 is 0 Å². The molecule has 6 heteroatoms. The predicted molar refractivity (Wildman–Crippen MR) is 92.9 cm³/mol. The number of hydrogen-bond acceptors (Lipinski definition) is 3. The lowest BCUT2D eigenvalue weighted by Gasteiger charge is -2.10. The number of halogens is 1. The summed E-state index contributed by atoms with van der Waals surface area (Å²) >= 11 is 6.04. The second-order valence-electron chi connectivity index (χ2n) is 5.24. The van der Waals surface area contributed by atoms with Gasteiger partial charge in [0.25, 0.3) is 5.91 Å². The molecule has 2 N–H and O–H groups in total. The number of carboxylic acids is 1. The third-order valence-electron chi connectivity index (χ3n) is 3.44. The zero-order valence-electron chi connectivity index (χ0n) is 13.2. The van der Waals surface area contributed by atoms with Crippen LogP contribution in [0.3, 0.4) is 0 Å². The third-order valence-corrected chi connectivity index (χ3v) is 3.85. The van der Waals surface area contributed by atoms with Crippen molar-refractivity contribution in [2.75, 3.05) is 11.9 Å². The summed E-state index contributed by atoms with van der Waals surface area (Å²) in [7, 11) is 0. The Labute approximate surface area is 145 Å². The zero-order valence-corrected chi connectivity index (χ0v) is 14.0. The number of amides is 1. The van der Waals surface area contributed by atoms with Gasteiger partial charge in [0, 0.05) is 22.7 Å². The molecule has 0 radical (unpaired) electrons. The van der Waals surface area contributed by atoms with Crippen LogP contribution < -0.4 is 10.1 Å². The number of hydrogen-bond donors (Lipinski definition) is 2. The highest BCUT2D eigenvalue weighted by molar-refractivity contribution is 6.31. The van der Waals surface area contributed by atoms with Crippen molar-refractivity contribution in [1.29, 1.82) is 0 Å². The molecule has 5 nitrogen and oxygen atoms in total. The Bertz CT molecular complexity index is 728. The Kier molecular flexibility index (Phi) is 6.21. The highest BCUT2D eigenvalue weighted by Gasteiger charge is 2.09. The summed E-state index contributed by atoms with van der Waals surface area (Å²) in [6.07, 6.45) is 0.505. The van der Waals surface area contributed by atoms with Crippen LogP contribution in [-0.2, 0) is 4.79 Å². The van der Waals surface area contributed by atoms with Crippen molar-refractivity contribution in [3.63, 3.8) is 0 Å². The van der Waals surface area contributed by atoms with Crippen LogP contribution in [0.5, 0.6) is 5.75 Å². The number of benzene rings is 2. The molecule has 0 spiro atoms. The highest BCUT2D eigenvalue weighted by Crippen LogP contribution is 2.23. The Morgan fingerprint density at radius 3 is 2.54 bits per heavy atom. The van der Waals surface area contributed by atoms with Crippen LogP contribution in [0.2, 0.25) is 5.02 Å². The van der Waals surface area contributed by atoms with Gasteiger partial charge in [0.05, 0.1) is 6.61 Å². The normalized spacial score (nSPS) is 10.2. The van der Waals surface area contributed by atoms with Crippen LogP contribution in [-0.4, -0.2) is 23.6 Å². The first-order valence-corrected chi connectivity index (χ1v) is 7.86. The molecular weight excluding hydrogens is 330 g/mol. The number of carboxylic acid groups (broad SMARTS) is 1. The molecule has 2 aromatic rings. The largest absolute Gasteiger partial charge is 0.494 e. The topological polar surface area (TPSA) is 75.6 Å². The summed E-state index contributed by atoms with van der Waals surface area (Å²) in [5, 5.41) is 12.0. The molecule has 0 aromatic heterocycles. The van der Waals surface area contributed by atoms with Gasteiger partial charge in [-0.2, -0.15) is 0 Å². The van der Waals surface area contributed by atoms with Gasteiger partial charge in [-0.3, -0.25) is 9.59 Å². The van der Waals surface area contributed by atoms with E-state index in [0.717, 1.165) is 5.56 Å². The lowest BCUT2D eigenvalue weighted by molar-refractivity contribution is -0.137. The molecule has 0 saturated carbocycles. The number of aliphatic carboxylic acids is 1. The van der Waals surface area contributed by atoms with Crippen molar-refractivity contribution in [2.24, 2.45) is 0 Å². The van der Waals surface area contributed by atoms with Gasteiger partial charge in [0.15, 0.2) is 0 Å². The van der Waals surface area contributed by atoms with E-state index in [1.807, 2.05) is 6.92 Å². The lowest BCUT2D eigenvalue weighted by atomic mass is 10.1. The quantitative estimate of drug-likeness (QED) is 0.738. The van der Waals surface area contributed by atoms with E-state index < -0.39 is 5.97 Å². The Morgan fingerprint density at radius 2 is 1.88 bits per heavy atom. The second-order valence-corrected chi connectivity index (χ2v) is 5.64. The van der Waals surface area contributed by atoms with Crippen molar-refractivity contribution >= 4 is 29.2 Å². The van der Waals surface area contributed by atoms with E-state index in [-0.39, 0.29) is 12.3 Å². The minimum absolute atomic E-state index is 0.0689. The summed E-state index contributed by atoms with van der Waals surface area (Å²) < 4.78 is 5.43. The van der Waals surface area contributed by atoms with Gasteiger partial charge in [0.2, 0.25) is 0 Å². The van der Waals surface area contributed by atoms with Gasteiger partial charge < -0.3 is 15.2 Å². The minimum Gasteiger partial charge on any atom is -0.494 e. The van der Waals surface area contributed by atoms with Crippen LogP contribution in [0.4, 0.5) is 5.69 Å². The van der Waals surface area contributed by atoms with Crippen LogP contribution in [0.1, 0.15) is 28.8 Å². The third kappa shape index (κ3) is 4.99. The van der Waals surface area contributed by atoms with E-state index in [2.05, 4.69) is 5.32 Å². The van der Waals surface area contributed by atoms with E-state index in [0.29, 0.717) is 35.1 Å². The van der Waals surface area contributed by atoms with Gasteiger partial charge in [-0.1, -0.05) is 17.7 Å². The molecule has 0 bridgehead atoms. The smallest absolute Gasteiger partial charge is 0.303 e. The number of carbonyl (C=O) groups excluding carboxylic acids is 1. The fourth-order valence-corrected chi connectivity index (χ4v) is 2.23. The molecule has 0 atom stereocenters. The second kappa shape index (κ2) is 8.36. The van der Waals surface area contributed by atoms with E-state index in [1.54, 1.807) is 42.5 Å². The molecule has 2 aromatic carbocycles. The molecule has 1 amide bonds. The molecule has 0 aliphatic heterocycles. The standard InChI is InChI=1S/C18H18ClNO4/c1-12-15(19)4-2-5-16(12)20-18(23)13-7-9-14(10-8-13)24-11-3-6-17(21)22/h2,4-5,7-10H,3,6,11H2,1H3,(H,20,23)(H,21,22). The number of rotatable bonds is 7. The molecule has 0 aliphatic carbocycles. The fraction of sp³-hybridized carbons (Fsp3) is 0.222. The number of nitrogens with one attached hydrogen (secondary N) is 1. The maximum absolute atomic E-state index is 12.3. The first-order chi connectivity index (χ1) is 11.5. The summed E-state index contributed by atoms with van der Waals surface area (Å²) in [5.74, 6) is -0.490. The summed E-state index contributed by atoms with van der Waals surface area (Å²) in [4.78, 5) is 22.7. The summed E-state index contributed by atoms with van der Waals surface area (Å²) in [6.45, 7) is 2.16. The molecule has 126 valence electrons. The van der Waals surface area contributed by atoms with Crippen LogP contribution in [0, 0.1) is 6.92 Å². The monoisotopic (exact) mass is 347 g/mol. The van der Waals surface area contributed by atoms with Crippen LogP contribution >= 0.6 is 11.6 Å². The average Bonchev–Trinajstić information content (AvgIpc) is 2.56. The summed E-state index contributed by atoms with van der Waals surface area (Å²) in [5.41, 5.74) is 1.97. The first kappa shape index (κ1) is 17.8. The maximum Gasteiger partial charge on any atom is 0.303 e. The molecular formula is C18H18ClNO4. The van der Waals surface area contributed by atoms with Gasteiger partial charge in [-0.15, -0.1) is 0 Å². The SMILES string of the molecule is Cc1c(Cl)cccc1NC(=O)c1ccc(OCCCC(=O)O)cc1. The molecule has 0 heterocycles. The van der Waals surface area contributed by atoms with E-state index in [9.17, 15) is 9.59 Å². The maximum atomic E-state index is 12.3. The Morgan fingerprint density at radius 1 is 1.17 bits per heavy atom. The first-order valence-electron chi connectivity index (χ1n) is 7.48. The molecule has 0 aliphatic rings. The van der Waals surface area contributed by atoms with Gasteiger partial charge >= 0.3 is 5.97 Å². The number of carbonyl (C=O) groups is 2. The fourth-order valence-electron chi connectivity index (χ4n) is 2.05. The van der Waals surface area contributed by atoms with E-state index in [4.69, 9.17) is 21.4 Å². The highest BCUT2D eigenvalue weighted by atomic mass is 35.5. The molecule has 0 saturated heterocycles. The van der Waals surface area contributed by atoms with Gasteiger partial charge in [-0.25, -0.2) is 0 Å². The summed E-state index contributed by atoms with van der Waals surface area (Å²) in [6, 6.07) is 12.0. The predicted octanol–water partition coefficient (Wildman–Crippen LogP) is 4.14.